The van der Waals surface area contributed by atoms with Crippen LogP contribution in [0.15, 0.2) is 42.5 Å². The van der Waals surface area contributed by atoms with Gasteiger partial charge in [0.15, 0.2) is 0 Å². The predicted octanol–water partition coefficient (Wildman–Crippen LogP) is 3.76. The van der Waals surface area contributed by atoms with Crippen LogP contribution in [0.1, 0.15) is 24.5 Å². The van der Waals surface area contributed by atoms with Gasteiger partial charge in [-0.3, -0.25) is 4.79 Å². The third-order valence-corrected chi connectivity index (χ3v) is 4.23. The first-order valence-electron chi connectivity index (χ1n) is 8.28. The van der Waals surface area contributed by atoms with E-state index in [0.29, 0.717) is 24.3 Å². The molecule has 25 heavy (non-hydrogen) atoms. The van der Waals surface area contributed by atoms with Crippen molar-refractivity contribution in [1.82, 2.24) is 4.90 Å². The van der Waals surface area contributed by atoms with Crippen LogP contribution in [0.3, 0.4) is 0 Å². The number of hydrogen-bond donors (Lipinski definition) is 2. The van der Waals surface area contributed by atoms with E-state index < -0.39 is 6.03 Å². The van der Waals surface area contributed by atoms with E-state index in [2.05, 4.69) is 10.6 Å². The summed E-state index contributed by atoms with van der Waals surface area (Å²) in [6.45, 7) is 3.16. The van der Waals surface area contributed by atoms with Crippen LogP contribution < -0.4 is 10.6 Å². The van der Waals surface area contributed by atoms with Crippen LogP contribution >= 0.6 is 0 Å². The molecule has 0 spiro atoms. The highest BCUT2D eigenvalue weighted by Gasteiger charge is 2.19. The van der Waals surface area contributed by atoms with Gasteiger partial charge in [0.05, 0.1) is 0 Å². The Hall–Kier alpha value is -2.89. The normalized spacial score (nSPS) is 13.1. The standard InChI is InChI=1S/C19H20FN3O2/c1-2-18(24)23-10-9-13-3-6-17(11-14(13)12-23)22-19(25)21-16-7-4-15(20)5-8-16/h3-8,11H,2,9-10,12H2,1H3,(H2,21,22,25). The van der Waals surface area contributed by atoms with E-state index in [1.165, 1.54) is 29.8 Å². The molecule has 2 N–H and O–H groups in total. The van der Waals surface area contributed by atoms with E-state index in [0.717, 1.165) is 18.5 Å². The van der Waals surface area contributed by atoms with E-state index in [9.17, 15) is 14.0 Å². The number of halogens is 1. The molecule has 6 heteroatoms. The van der Waals surface area contributed by atoms with Crippen LogP contribution in [0.4, 0.5) is 20.6 Å². The highest BCUT2D eigenvalue weighted by atomic mass is 19.1. The van der Waals surface area contributed by atoms with Crippen molar-refractivity contribution in [2.45, 2.75) is 26.3 Å². The number of hydrogen-bond acceptors (Lipinski definition) is 2. The number of nitrogens with zero attached hydrogens (tertiary/aromatic N) is 1. The average molecular weight is 341 g/mol. The maximum Gasteiger partial charge on any atom is 0.323 e. The number of amides is 3. The number of anilines is 2. The van der Waals surface area contributed by atoms with Gasteiger partial charge in [-0.25, -0.2) is 9.18 Å². The number of carbonyl (C=O) groups excluding carboxylic acids is 2. The van der Waals surface area contributed by atoms with Crippen LogP contribution in [-0.2, 0) is 17.8 Å². The lowest BCUT2D eigenvalue weighted by molar-refractivity contribution is -0.131. The van der Waals surface area contributed by atoms with Gasteiger partial charge in [0.1, 0.15) is 5.82 Å². The Labute approximate surface area is 145 Å². The minimum atomic E-state index is -0.399. The molecule has 0 saturated carbocycles. The van der Waals surface area contributed by atoms with E-state index >= 15 is 0 Å². The summed E-state index contributed by atoms with van der Waals surface area (Å²) >= 11 is 0. The summed E-state index contributed by atoms with van der Waals surface area (Å²) in [6.07, 6.45) is 1.32. The van der Waals surface area contributed by atoms with Gasteiger partial charge in [0.2, 0.25) is 5.91 Å². The maximum atomic E-state index is 12.9. The van der Waals surface area contributed by atoms with E-state index in [4.69, 9.17) is 0 Å². The maximum absolute atomic E-state index is 12.9. The summed E-state index contributed by atoms with van der Waals surface area (Å²) in [7, 11) is 0. The van der Waals surface area contributed by atoms with Crippen molar-refractivity contribution in [2.75, 3.05) is 17.2 Å². The molecule has 0 saturated heterocycles. The van der Waals surface area contributed by atoms with Crippen molar-refractivity contribution in [2.24, 2.45) is 0 Å². The molecule has 1 aliphatic rings. The minimum Gasteiger partial charge on any atom is -0.338 e. The molecule has 5 nitrogen and oxygen atoms in total. The lowest BCUT2D eigenvalue weighted by Crippen LogP contribution is -2.35. The van der Waals surface area contributed by atoms with Crippen molar-refractivity contribution in [1.29, 1.82) is 0 Å². The molecule has 3 rings (SSSR count). The first kappa shape index (κ1) is 17.0. The van der Waals surface area contributed by atoms with Gasteiger partial charge in [-0.05, 0) is 53.9 Å². The van der Waals surface area contributed by atoms with E-state index in [1.807, 2.05) is 30.0 Å². The lowest BCUT2D eigenvalue weighted by Gasteiger charge is -2.29. The fourth-order valence-electron chi connectivity index (χ4n) is 2.90. The van der Waals surface area contributed by atoms with Crippen LogP contribution in [0.2, 0.25) is 0 Å². The molecule has 1 aliphatic heterocycles. The second kappa shape index (κ2) is 7.34. The fraction of sp³-hybridized carbons (Fsp3) is 0.263. The monoisotopic (exact) mass is 341 g/mol. The zero-order valence-corrected chi connectivity index (χ0v) is 14.0. The summed E-state index contributed by atoms with van der Waals surface area (Å²) in [4.78, 5) is 25.8. The molecule has 130 valence electrons. The molecule has 2 aromatic carbocycles. The van der Waals surface area contributed by atoms with Gasteiger partial charge < -0.3 is 15.5 Å². The molecular weight excluding hydrogens is 321 g/mol. The van der Waals surface area contributed by atoms with Gasteiger partial charge in [-0.1, -0.05) is 13.0 Å². The van der Waals surface area contributed by atoms with Crippen molar-refractivity contribution in [3.05, 3.63) is 59.4 Å². The SMILES string of the molecule is CCC(=O)N1CCc2ccc(NC(=O)Nc3ccc(F)cc3)cc2C1. The molecule has 3 amide bonds. The van der Waals surface area contributed by atoms with Gasteiger partial charge in [-0.2, -0.15) is 0 Å². The molecule has 0 aliphatic carbocycles. The molecule has 0 unspecified atom stereocenters. The molecule has 1 heterocycles. The highest BCUT2D eigenvalue weighted by Crippen LogP contribution is 2.23. The number of carbonyl (C=O) groups is 2. The fourth-order valence-corrected chi connectivity index (χ4v) is 2.90. The molecular formula is C19H20FN3O2. The summed E-state index contributed by atoms with van der Waals surface area (Å²) in [5, 5.41) is 5.42. The Morgan fingerprint density at radius 1 is 1.04 bits per heavy atom. The van der Waals surface area contributed by atoms with Crippen LogP contribution in [0.25, 0.3) is 0 Å². The summed E-state index contributed by atoms with van der Waals surface area (Å²) < 4.78 is 12.9. The lowest BCUT2D eigenvalue weighted by atomic mass is 9.99. The molecule has 0 radical (unpaired) electrons. The molecule has 0 atom stereocenters. The third-order valence-electron chi connectivity index (χ3n) is 4.23. The first-order valence-corrected chi connectivity index (χ1v) is 8.28. The van der Waals surface area contributed by atoms with Crippen LogP contribution in [-0.4, -0.2) is 23.4 Å². The largest absolute Gasteiger partial charge is 0.338 e. The van der Waals surface area contributed by atoms with Crippen molar-refractivity contribution >= 4 is 23.3 Å². The van der Waals surface area contributed by atoms with Crippen molar-refractivity contribution in [3.8, 4) is 0 Å². The second-order valence-electron chi connectivity index (χ2n) is 5.99. The minimum absolute atomic E-state index is 0.137. The second-order valence-corrected chi connectivity index (χ2v) is 5.99. The predicted molar refractivity (Wildman–Crippen MR) is 94.9 cm³/mol. The summed E-state index contributed by atoms with van der Waals surface area (Å²) in [5.41, 5.74) is 3.41. The highest BCUT2D eigenvalue weighted by molar-refractivity contribution is 5.99. The van der Waals surface area contributed by atoms with Crippen molar-refractivity contribution in [3.63, 3.8) is 0 Å². The Kier molecular flexibility index (Phi) is 4.97. The number of fused-ring (bicyclic) bond motifs is 1. The molecule has 0 bridgehead atoms. The summed E-state index contributed by atoms with van der Waals surface area (Å²) in [5.74, 6) is -0.218. The third kappa shape index (κ3) is 4.15. The van der Waals surface area contributed by atoms with Gasteiger partial charge in [0.25, 0.3) is 0 Å². The molecule has 2 aromatic rings. The van der Waals surface area contributed by atoms with Crippen LogP contribution in [0.5, 0.6) is 0 Å². The van der Waals surface area contributed by atoms with Gasteiger partial charge >= 0.3 is 6.03 Å². The smallest absolute Gasteiger partial charge is 0.323 e. The van der Waals surface area contributed by atoms with Gasteiger partial charge in [0, 0.05) is 30.9 Å². The first-order chi connectivity index (χ1) is 12.0. The van der Waals surface area contributed by atoms with Crippen molar-refractivity contribution < 1.29 is 14.0 Å². The number of benzene rings is 2. The zero-order valence-electron chi connectivity index (χ0n) is 14.0. The summed E-state index contributed by atoms with van der Waals surface area (Å²) in [6, 6.07) is 10.9. The Morgan fingerprint density at radius 3 is 2.44 bits per heavy atom. The topological polar surface area (TPSA) is 61.4 Å². The Balaban J connectivity index is 1.66. The van der Waals surface area contributed by atoms with Crippen LogP contribution in [0, 0.1) is 5.82 Å². The van der Waals surface area contributed by atoms with Gasteiger partial charge in [-0.15, -0.1) is 0 Å². The Morgan fingerprint density at radius 2 is 1.72 bits per heavy atom. The zero-order chi connectivity index (χ0) is 17.8. The molecule has 0 aromatic heterocycles. The number of nitrogens with one attached hydrogen (secondary N) is 2. The van der Waals surface area contributed by atoms with E-state index in [-0.39, 0.29) is 11.7 Å². The molecule has 0 fully saturated rings. The quantitative estimate of drug-likeness (QED) is 0.893. The number of rotatable bonds is 3. The van der Waals surface area contributed by atoms with E-state index in [1.54, 1.807) is 0 Å². The number of urea groups is 1. The Bertz CT molecular complexity index is 790. The average Bonchev–Trinajstić information content (AvgIpc) is 2.62.